The van der Waals surface area contributed by atoms with E-state index in [0.717, 1.165) is 23.3 Å². The molecule has 11 heteroatoms. The summed E-state index contributed by atoms with van der Waals surface area (Å²) in [5.41, 5.74) is 2.11. The van der Waals surface area contributed by atoms with Gasteiger partial charge in [-0.3, -0.25) is 4.90 Å². The van der Waals surface area contributed by atoms with Gasteiger partial charge in [-0.15, -0.1) is 0 Å². The molecule has 0 saturated carbocycles. The molecule has 220 valence electrons. The number of piperazine rings is 1. The van der Waals surface area contributed by atoms with Crippen LogP contribution in [0, 0.1) is 11.6 Å². The number of hydrogen-bond acceptors (Lipinski definition) is 9. The zero-order valence-corrected chi connectivity index (χ0v) is 23.3. The molecule has 0 aromatic heterocycles. The molecule has 2 heterocycles. The van der Waals surface area contributed by atoms with E-state index in [1.807, 2.05) is 4.90 Å². The van der Waals surface area contributed by atoms with Crippen LogP contribution in [0.4, 0.5) is 8.78 Å². The van der Waals surface area contributed by atoms with Crippen molar-refractivity contribution in [2.45, 2.75) is 18.5 Å². The van der Waals surface area contributed by atoms with Crippen molar-refractivity contribution in [1.82, 2.24) is 9.80 Å². The van der Waals surface area contributed by atoms with Crippen LogP contribution in [-0.4, -0.2) is 68.6 Å². The van der Waals surface area contributed by atoms with Gasteiger partial charge in [-0.05, 0) is 41.5 Å². The van der Waals surface area contributed by atoms with Crippen molar-refractivity contribution in [2.24, 2.45) is 0 Å². The van der Waals surface area contributed by atoms with Crippen LogP contribution in [0.2, 0.25) is 0 Å². The SMILES string of the molecule is COc1ccc(CN2CCN(C(c3ccc(F)cc3)c3ccc(F)cc3)CC23OC(=O)C=CC(=O)O3)c(OC)c1OC. The molecule has 0 aliphatic carbocycles. The van der Waals surface area contributed by atoms with Crippen LogP contribution in [-0.2, 0) is 25.6 Å². The van der Waals surface area contributed by atoms with E-state index < -0.39 is 35.5 Å². The maximum absolute atomic E-state index is 13.9. The summed E-state index contributed by atoms with van der Waals surface area (Å²) in [6, 6.07) is 15.0. The van der Waals surface area contributed by atoms with E-state index in [-0.39, 0.29) is 19.6 Å². The lowest BCUT2D eigenvalue weighted by Gasteiger charge is -2.49. The molecular weight excluding hydrogens is 550 g/mol. The zero-order valence-electron chi connectivity index (χ0n) is 23.3. The number of esters is 2. The molecule has 0 amide bonds. The third-order valence-electron chi connectivity index (χ3n) is 7.30. The van der Waals surface area contributed by atoms with Crippen LogP contribution < -0.4 is 14.2 Å². The van der Waals surface area contributed by atoms with Gasteiger partial charge < -0.3 is 23.7 Å². The molecule has 1 saturated heterocycles. The summed E-state index contributed by atoms with van der Waals surface area (Å²) in [6.07, 6.45) is 2.03. The fraction of sp³-hybridized carbons (Fsp3) is 0.290. The molecule has 1 fully saturated rings. The van der Waals surface area contributed by atoms with Gasteiger partial charge in [0.1, 0.15) is 11.6 Å². The largest absolute Gasteiger partial charge is 0.493 e. The highest BCUT2D eigenvalue weighted by Crippen LogP contribution is 2.42. The topological polar surface area (TPSA) is 86.8 Å². The van der Waals surface area contributed by atoms with Gasteiger partial charge in [-0.2, -0.15) is 0 Å². The summed E-state index contributed by atoms with van der Waals surface area (Å²) in [5.74, 6) is -2.90. The van der Waals surface area contributed by atoms with Crippen LogP contribution in [0.5, 0.6) is 17.2 Å². The van der Waals surface area contributed by atoms with Gasteiger partial charge in [0.15, 0.2) is 11.5 Å². The van der Waals surface area contributed by atoms with Gasteiger partial charge in [-0.1, -0.05) is 30.3 Å². The van der Waals surface area contributed by atoms with Gasteiger partial charge in [0.05, 0.1) is 33.9 Å². The van der Waals surface area contributed by atoms with Crippen molar-refractivity contribution in [3.05, 3.63) is 101 Å². The zero-order chi connectivity index (χ0) is 29.9. The molecule has 9 nitrogen and oxygen atoms in total. The van der Waals surface area contributed by atoms with Crippen molar-refractivity contribution in [3.8, 4) is 17.2 Å². The number of hydrogen-bond donors (Lipinski definition) is 0. The van der Waals surface area contributed by atoms with Crippen molar-refractivity contribution in [2.75, 3.05) is 41.0 Å². The molecule has 2 aliphatic rings. The Morgan fingerprint density at radius 2 is 1.31 bits per heavy atom. The van der Waals surface area contributed by atoms with Crippen LogP contribution in [0.1, 0.15) is 22.7 Å². The third kappa shape index (κ3) is 5.79. The van der Waals surface area contributed by atoms with Crippen LogP contribution in [0.25, 0.3) is 0 Å². The molecule has 0 bridgehead atoms. The van der Waals surface area contributed by atoms with Gasteiger partial charge in [-0.25, -0.2) is 23.3 Å². The third-order valence-corrected chi connectivity index (χ3v) is 7.30. The Hall–Kier alpha value is -4.48. The first-order valence-corrected chi connectivity index (χ1v) is 13.2. The number of carbonyl (C=O) groups excluding carboxylic acids is 2. The highest BCUT2D eigenvalue weighted by Gasteiger charge is 2.51. The van der Waals surface area contributed by atoms with Crippen LogP contribution >= 0.6 is 0 Å². The van der Waals surface area contributed by atoms with E-state index in [2.05, 4.69) is 0 Å². The maximum atomic E-state index is 13.9. The number of nitrogens with zero attached hydrogens (tertiary/aromatic N) is 2. The number of halogens is 2. The number of rotatable bonds is 8. The lowest BCUT2D eigenvalue weighted by atomic mass is 9.95. The minimum absolute atomic E-state index is 0.0683. The Balaban J connectivity index is 1.56. The Bertz CT molecular complexity index is 1410. The summed E-state index contributed by atoms with van der Waals surface area (Å²) < 4.78 is 56.0. The molecule has 0 unspecified atom stereocenters. The van der Waals surface area contributed by atoms with Crippen molar-refractivity contribution in [3.63, 3.8) is 0 Å². The molecule has 2 aliphatic heterocycles. The molecule has 42 heavy (non-hydrogen) atoms. The normalized spacial score (nSPS) is 17.1. The second-order valence-electron chi connectivity index (χ2n) is 9.78. The van der Waals surface area contributed by atoms with Crippen molar-refractivity contribution >= 4 is 11.9 Å². The summed E-state index contributed by atoms with van der Waals surface area (Å²) in [5, 5.41) is 0. The number of benzene rings is 3. The lowest BCUT2D eigenvalue weighted by Crippen LogP contribution is -2.65. The molecule has 3 aromatic carbocycles. The average Bonchev–Trinajstić information content (AvgIpc) is 3.13. The minimum Gasteiger partial charge on any atom is -0.493 e. The predicted octanol–water partition coefficient (Wildman–Crippen LogP) is 4.21. The van der Waals surface area contributed by atoms with Gasteiger partial charge >= 0.3 is 17.8 Å². The Kier molecular flexibility index (Phi) is 8.41. The molecule has 5 rings (SSSR count). The van der Waals surface area contributed by atoms with Crippen LogP contribution in [0.15, 0.2) is 72.8 Å². The first kappa shape index (κ1) is 29.0. The Morgan fingerprint density at radius 3 is 1.81 bits per heavy atom. The summed E-state index contributed by atoms with van der Waals surface area (Å²) in [4.78, 5) is 29.2. The number of ether oxygens (including phenoxy) is 5. The maximum Gasteiger partial charge on any atom is 0.335 e. The summed E-state index contributed by atoms with van der Waals surface area (Å²) in [6.45, 7) is 0.771. The van der Waals surface area contributed by atoms with E-state index in [1.54, 1.807) is 41.3 Å². The van der Waals surface area contributed by atoms with E-state index in [9.17, 15) is 18.4 Å². The van der Waals surface area contributed by atoms with E-state index >= 15 is 0 Å². The molecule has 0 atom stereocenters. The molecule has 3 aromatic rings. The van der Waals surface area contributed by atoms with Gasteiger partial charge in [0.2, 0.25) is 5.75 Å². The summed E-state index contributed by atoms with van der Waals surface area (Å²) in [7, 11) is 4.51. The van der Waals surface area contributed by atoms with Crippen LogP contribution in [0.3, 0.4) is 0 Å². The van der Waals surface area contributed by atoms with Gasteiger partial charge in [0.25, 0.3) is 0 Å². The monoisotopic (exact) mass is 580 g/mol. The molecule has 0 radical (unpaired) electrons. The highest BCUT2D eigenvalue weighted by molar-refractivity contribution is 5.93. The predicted molar refractivity (Wildman–Crippen MR) is 147 cm³/mol. The fourth-order valence-corrected chi connectivity index (χ4v) is 5.41. The highest BCUT2D eigenvalue weighted by atomic mass is 19.1. The van der Waals surface area contributed by atoms with Crippen molar-refractivity contribution in [1.29, 1.82) is 0 Å². The van der Waals surface area contributed by atoms with E-state index in [1.165, 1.54) is 45.6 Å². The Morgan fingerprint density at radius 1 is 0.762 bits per heavy atom. The first-order valence-electron chi connectivity index (χ1n) is 13.2. The molecule has 0 N–H and O–H groups in total. The smallest absolute Gasteiger partial charge is 0.335 e. The first-order chi connectivity index (χ1) is 20.3. The fourth-order valence-electron chi connectivity index (χ4n) is 5.41. The standard InChI is InChI=1S/C31H30F2N2O7/c1-38-25-13-8-22(29(39-2)30(25)40-3)18-35-17-16-34(19-31(35)41-26(36)14-15-27(37)42-31)28(20-4-9-23(32)10-5-20)21-6-11-24(33)12-7-21/h4-15,28H,16-19H2,1-3H3. The quantitative estimate of drug-likeness (QED) is 0.364. The van der Waals surface area contributed by atoms with Crippen molar-refractivity contribution < 1.29 is 42.1 Å². The number of carbonyl (C=O) groups is 2. The average molecular weight is 581 g/mol. The van der Waals surface area contributed by atoms with Gasteiger partial charge in [0, 0.05) is 37.3 Å². The second-order valence-corrected chi connectivity index (χ2v) is 9.78. The number of methoxy groups -OCH3 is 3. The second kappa shape index (κ2) is 12.2. The van der Waals surface area contributed by atoms with E-state index in [4.69, 9.17) is 23.7 Å². The molecular formula is C31H30F2N2O7. The summed E-state index contributed by atoms with van der Waals surface area (Å²) >= 11 is 0. The van der Waals surface area contributed by atoms with E-state index in [0.29, 0.717) is 29.4 Å². The minimum atomic E-state index is -1.84. The Labute approximate surface area is 241 Å². The molecule has 1 spiro atoms. The lowest BCUT2D eigenvalue weighted by molar-refractivity contribution is -0.304.